The Bertz CT molecular complexity index is 793. The highest BCUT2D eigenvalue weighted by atomic mass is 32.2. The molecule has 0 spiro atoms. The minimum atomic E-state index is -0.359. The predicted octanol–water partition coefficient (Wildman–Crippen LogP) is 2.26. The number of nitrogens with zero attached hydrogens (tertiary/aromatic N) is 3. The number of amides is 2. The average molecular weight is 383 g/mol. The van der Waals surface area contributed by atoms with Crippen molar-refractivity contribution in [2.45, 2.75) is 4.34 Å². The van der Waals surface area contributed by atoms with Gasteiger partial charge in [-0.05, 0) is 24.3 Å². The lowest BCUT2D eigenvalue weighted by Gasteiger charge is -2.03. The van der Waals surface area contributed by atoms with Crippen molar-refractivity contribution in [3.05, 3.63) is 30.1 Å². The molecule has 1 aliphatic heterocycles. The molecule has 1 aromatic carbocycles. The van der Waals surface area contributed by atoms with Gasteiger partial charge >= 0.3 is 0 Å². The highest BCUT2D eigenvalue weighted by Crippen LogP contribution is 2.28. The largest absolute Gasteiger partial charge is 0.325 e. The average Bonchev–Trinajstić information content (AvgIpc) is 3.17. The van der Waals surface area contributed by atoms with E-state index in [9.17, 15) is 14.0 Å². The number of anilines is 1. The maximum atomic E-state index is 12.8. The third-order valence-electron chi connectivity index (χ3n) is 2.63. The number of hydrogen-bond donors (Lipinski definition) is 2. The van der Waals surface area contributed by atoms with Crippen LogP contribution in [0.3, 0.4) is 0 Å². The van der Waals surface area contributed by atoms with E-state index in [0.29, 0.717) is 26.1 Å². The number of aromatic nitrogens is 2. The smallest absolute Gasteiger partial charge is 0.236 e. The highest BCUT2D eigenvalue weighted by molar-refractivity contribution is 8.15. The van der Waals surface area contributed by atoms with Crippen LogP contribution in [0.15, 0.2) is 33.6 Å². The van der Waals surface area contributed by atoms with Crippen LogP contribution in [0.4, 0.5) is 15.2 Å². The molecule has 2 aromatic rings. The van der Waals surface area contributed by atoms with Gasteiger partial charge in [0.2, 0.25) is 16.9 Å². The Morgan fingerprint density at radius 3 is 2.88 bits per heavy atom. The van der Waals surface area contributed by atoms with Gasteiger partial charge in [-0.2, -0.15) is 4.99 Å². The summed E-state index contributed by atoms with van der Waals surface area (Å²) in [6.07, 6.45) is 0. The number of benzene rings is 1. The Morgan fingerprint density at radius 1 is 1.38 bits per heavy atom. The van der Waals surface area contributed by atoms with Crippen molar-refractivity contribution in [3.8, 4) is 0 Å². The lowest BCUT2D eigenvalue weighted by Crippen LogP contribution is -2.19. The number of amidine groups is 1. The van der Waals surface area contributed by atoms with Gasteiger partial charge in [-0.15, -0.1) is 10.2 Å². The molecule has 1 saturated heterocycles. The van der Waals surface area contributed by atoms with Crippen molar-refractivity contribution < 1.29 is 14.0 Å². The van der Waals surface area contributed by atoms with Crippen molar-refractivity contribution >= 4 is 62.7 Å². The van der Waals surface area contributed by atoms with E-state index in [2.05, 4.69) is 25.8 Å². The number of halogens is 1. The maximum Gasteiger partial charge on any atom is 0.236 e. The molecule has 1 aromatic heterocycles. The number of thioether (sulfide) groups is 2. The molecule has 7 nitrogen and oxygen atoms in total. The molecular weight excluding hydrogens is 373 g/mol. The first-order chi connectivity index (χ1) is 11.6. The van der Waals surface area contributed by atoms with Crippen molar-refractivity contribution in [3.63, 3.8) is 0 Å². The summed E-state index contributed by atoms with van der Waals surface area (Å²) in [5, 5.41) is 14.0. The fourth-order valence-corrected chi connectivity index (χ4v) is 3.89. The van der Waals surface area contributed by atoms with Gasteiger partial charge < -0.3 is 10.6 Å². The summed E-state index contributed by atoms with van der Waals surface area (Å²) in [6, 6.07) is 5.53. The van der Waals surface area contributed by atoms with Gasteiger partial charge in [0, 0.05) is 5.69 Å². The van der Waals surface area contributed by atoms with E-state index in [1.54, 1.807) is 0 Å². The molecule has 11 heteroatoms. The molecular formula is C13H10FN5O2S3. The SMILES string of the molecule is O=C1CS/C(=N/c2nnc(SCC(=O)Nc3ccc(F)cc3)s2)N1. The molecule has 0 unspecified atom stereocenters. The quantitative estimate of drug-likeness (QED) is 0.769. The Labute approximate surface area is 148 Å². The summed E-state index contributed by atoms with van der Waals surface area (Å²) in [7, 11) is 0. The molecule has 0 bridgehead atoms. The maximum absolute atomic E-state index is 12.8. The van der Waals surface area contributed by atoms with Crippen LogP contribution in [0, 0.1) is 5.82 Å². The van der Waals surface area contributed by atoms with E-state index < -0.39 is 0 Å². The number of hydrogen-bond acceptors (Lipinski definition) is 8. The van der Waals surface area contributed by atoms with Crippen LogP contribution in [0.5, 0.6) is 0 Å². The Morgan fingerprint density at radius 2 is 2.17 bits per heavy atom. The monoisotopic (exact) mass is 383 g/mol. The molecule has 0 saturated carbocycles. The lowest BCUT2D eigenvalue weighted by molar-refractivity contribution is -0.117. The van der Waals surface area contributed by atoms with Gasteiger partial charge in [0.05, 0.1) is 11.5 Å². The molecule has 1 aliphatic rings. The lowest BCUT2D eigenvalue weighted by atomic mass is 10.3. The fraction of sp³-hybridized carbons (Fsp3) is 0.154. The van der Waals surface area contributed by atoms with E-state index in [0.717, 1.165) is 0 Å². The number of carbonyl (C=O) groups excluding carboxylic acids is 2. The van der Waals surface area contributed by atoms with Gasteiger partial charge in [0.25, 0.3) is 0 Å². The Hall–Kier alpha value is -1.98. The van der Waals surface area contributed by atoms with Crippen LogP contribution in [-0.2, 0) is 9.59 Å². The summed E-state index contributed by atoms with van der Waals surface area (Å²) in [5.74, 6) is -0.178. The molecule has 124 valence electrons. The van der Waals surface area contributed by atoms with E-state index in [1.165, 1.54) is 59.1 Å². The van der Waals surface area contributed by atoms with Crippen LogP contribution in [0.25, 0.3) is 0 Å². The first-order valence-corrected chi connectivity index (χ1v) is 9.40. The molecule has 24 heavy (non-hydrogen) atoms. The second-order valence-corrected chi connectivity index (χ2v) is 7.59. The van der Waals surface area contributed by atoms with Crippen molar-refractivity contribution in [1.82, 2.24) is 15.5 Å². The van der Waals surface area contributed by atoms with Crippen molar-refractivity contribution in [2.75, 3.05) is 16.8 Å². The molecule has 1 fully saturated rings. The third-order valence-corrected chi connectivity index (χ3v) is 5.46. The number of carbonyl (C=O) groups is 2. The zero-order chi connectivity index (χ0) is 16.9. The first-order valence-electron chi connectivity index (χ1n) is 6.61. The second kappa shape index (κ2) is 7.73. The van der Waals surface area contributed by atoms with Gasteiger partial charge in [-0.3, -0.25) is 9.59 Å². The van der Waals surface area contributed by atoms with Gasteiger partial charge in [-0.25, -0.2) is 4.39 Å². The molecule has 0 aliphatic carbocycles. The third kappa shape index (κ3) is 4.76. The first kappa shape index (κ1) is 16.9. The molecule has 2 amide bonds. The summed E-state index contributed by atoms with van der Waals surface area (Å²) >= 11 is 3.76. The second-order valence-electron chi connectivity index (χ2n) is 4.45. The van der Waals surface area contributed by atoms with Crippen LogP contribution >= 0.6 is 34.9 Å². The van der Waals surface area contributed by atoms with Crippen molar-refractivity contribution in [2.24, 2.45) is 4.99 Å². The number of aliphatic imine (C=N–C) groups is 1. The van der Waals surface area contributed by atoms with Gasteiger partial charge in [-0.1, -0.05) is 34.9 Å². The van der Waals surface area contributed by atoms with E-state index >= 15 is 0 Å². The molecule has 0 radical (unpaired) electrons. The number of rotatable bonds is 5. The fourth-order valence-electron chi connectivity index (χ4n) is 1.64. The minimum absolute atomic E-state index is 0.0877. The molecule has 2 N–H and O–H groups in total. The van der Waals surface area contributed by atoms with Crippen molar-refractivity contribution in [1.29, 1.82) is 0 Å². The standard InChI is InChI=1S/C13H10FN5O2S3/c14-7-1-3-8(4-2-7)15-9(20)6-23-13-19-18-12(24-13)17-11-16-10(21)5-22-11/h1-4H,5-6H2,(H,15,20)(H,16,17,18,21). The van der Waals surface area contributed by atoms with Crippen LogP contribution in [0.1, 0.15) is 0 Å². The zero-order valence-electron chi connectivity index (χ0n) is 12.0. The zero-order valence-corrected chi connectivity index (χ0v) is 14.4. The molecule has 0 atom stereocenters. The molecule has 2 heterocycles. The van der Waals surface area contributed by atoms with Crippen LogP contribution in [0.2, 0.25) is 0 Å². The topological polar surface area (TPSA) is 96.3 Å². The molecule has 3 rings (SSSR count). The van der Waals surface area contributed by atoms with Gasteiger partial charge in [0.15, 0.2) is 9.51 Å². The van der Waals surface area contributed by atoms with E-state index in [4.69, 9.17) is 0 Å². The highest BCUT2D eigenvalue weighted by Gasteiger charge is 2.17. The summed E-state index contributed by atoms with van der Waals surface area (Å²) in [4.78, 5) is 27.1. The Balaban J connectivity index is 1.50. The Kier molecular flexibility index (Phi) is 5.43. The summed E-state index contributed by atoms with van der Waals surface area (Å²) in [5.41, 5.74) is 0.528. The van der Waals surface area contributed by atoms with Gasteiger partial charge in [0.1, 0.15) is 5.82 Å². The summed E-state index contributed by atoms with van der Waals surface area (Å²) < 4.78 is 13.4. The van der Waals surface area contributed by atoms with Crippen LogP contribution in [-0.4, -0.2) is 38.7 Å². The predicted molar refractivity (Wildman–Crippen MR) is 93.4 cm³/mol. The summed E-state index contributed by atoms with van der Waals surface area (Å²) in [6.45, 7) is 0. The van der Waals surface area contributed by atoms with E-state index in [1.807, 2.05) is 0 Å². The number of nitrogens with one attached hydrogen (secondary N) is 2. The minimum Gasteiger partial charge on any atom is -0.325 e. The normalized spacial score (nSPS) is 15.5. The van der Waals surface area contributed by atoms with E-state index in [-0.39, 0.29) is 23.4 Å². The van der Waals surface area contributed by atoms with Crippen LogP contribution < -0.4 is 10.6 Å².